The molecule has 4 nitrogen and oxygen atoms in total. The van der Waals surface area contributed by atoms with Crippen LogP contribution in [0.4, 0.5) is 0 Å². The van der Waals surface area contributed by atoms with Crippen LogP contribution in [-0.2, 0) is 0 Å². The SMILES string of the molecule is Clc1nc(Cl)c2[nH][14cH]nc2n1. The molecule has 0 radical (unpaired) electrons. The predicted molar refractivity (Wildman–Crippen MR) is 41.7 cm³/mol. The lowest BCUT2D eigenvalue weighted by Gasteiger charge is -1.90. The van der Waals surface area contributed by atoms with E-state index in [2.05, 4.69) is 19.9 Å². The Labute approximate surface area is 71.6 Å². The van der Waals surface area contributed by atoms with Gasteiger partial charge in [-0.15, -0.1) is 0 Å². The summed E-state index contributed by atoms with van der Waals surface area (Å²) >= 11 is 11.2. The number of halogens is 2. The molecule has 1 N–H and O–H groups in total. The molecule has 2 heterocycles. The fourth-order valence-electron chi connectivity index (χ4n) is 0.773. The third kappa shape index (κ3) is 1.04. The predicted octanol–water partition coefficient (Wildman–Crippen LogP) is 1.66. The Kier molecular flexibility index (Phi) is 1.44. The molecule has 0 aromatic carbocycles. The van der Waals surface area contributed by atoms with Gasteiger partial charge < -0.3 is 4.98 Å². The molecule has 0 aliphatic rings. The van der Waals surface area contributed by atoms with Crippen molar-refractivity contribution in [3.8, 4) is 0 Å². The average molecular weight is 191 g/mol. The summed E-state index contributed by atoms with van der Waals surface area (Å²) in [7, 11) is 0. The van der Waals surface area contributed by atoms with Crippen molar-refractivity contribution >= 4 is 34.4 Å². The van der Waals surface area contributed by atoms with Crippen molar-refractivity contribution in [2.75, 3.05) is 0 Å². The largest absolute Gasteiger partial charge is 0.341 e. The third-order valence-electron chi connectivity index (χ3n) is 1.21. The maximum Gasteiger partial charge on any atom is 0.225 e. The van der Waals surface area contributed by atoms with Crippen LogP contribution in [0.5, 0.6) is 0 Å². The van der Waals surface area contributed by atoms with Crippen molar-refractivity contribution in [1.82, 2.24) is 19.9 Å². The first kappa shape index (κ1) is 6.82. The maximum absolute atomic E-state index is 5.70. The minimum Gasteiger partial charge on any atom is -0.341 e. The Hall–Kier alpha value is -0.870. The quantitative estimate of drug-likeness (QED) is 0.508. The number of hydrogen-bond acceptors (Lipinski definition) is 3. The molecule has 2 aromatic heterocycles. The van der Waals surface area contributed by atoms with Crippen molar-refractivity contribution < 1.29 is 0 Å². The Morgan fingerprint density at radius 3 is 2.91 bits per heavy atom. The molecule has 6 heteroatoms. The molecule has 0 saturated heterocycles. The lowest BCUT2D eigenvalue weighted by atomic mass is 10.6. The van der Waals surface area contributed by atoms with Gasteiger partial charge in [0, 0.05) is 0 Å². The zero-order valence-electron chi connectivity index (χ0n) is 5.17. The monoisotopic (exact) mass is 190 g/mol. The van der Waals surface area contributed by atoms with Gasteiger partial charge in [0.05, 0.1) is 6.33 Å². The molecular formula is C5H2Cl2N4. The molecule has 2 rings (SSSR count). The standard InChI is InChI=1S/C5H2Cl2N4/c6-3-2-4(9-1-8-2)11-5(7)10-3/h1H,(H,8,9,10,11)/i1+2. The topological polar surface area (TPSA) is 54.5 Å². The average Bonchev–Trinajstić information content (AvgIpc) is 2.34. The van der Waals surface area contributed by atoms with Gasteiger partial charge in [0.15, 0.2) is 10.8 Å². The summed E-state index contributed by atoms with van der Waals surface area (Å²) in [6.07, 6.45) is 1.49. The van der Waals surface area contributed by atoms with E-state index in [-0.39, 0.29) is 10.4 Å². The number of fused-ring (bicyclic) bond motifs is 1. The minimum atomic E-state index is 0.106. The number of nitrogens with one attached hydrogen (secondary N) is 1. The Morgan fingerprint density at radius 2 is 2.09 bits per heavy atom. The highest BCUT2D eigenvalue weighted by atomic mass is 35.5. The zero-order chi connectivity index (χ0) is 7.84. The number of aromatic amines is 1. The smallest absolute Gasteiger partial charge is 0.225 e. The van der Waals surface area contributed by atoms with Gasteiger partial charge in [-0.25, -0.2) is 9.97 Å². The van der Waals surface area contributed by atoms with E-state index < -0.39 is 0 Å². The van der Waals surface area contributed by atoms with Gasteiger partial charge in [-0.3, -0.25) is 0 Å². The van der Waals surface area contributed by atoms with E-state index in [1.54, 1.807) is 0 Å². The second kappa shape index (κ2) is 2.32. The number of nitrogens with zero attached hydrogens (tertiary/aromatic N) is 3. The van der Waals surface area contributed by atoms with Gasteiger partial charge in [0.25, 0.3) is 0 Å². The van der Waals surface area contributed by atoms with Crippen molar-refractivity contribution in [3.05, 3.63) is 16.8 Å². The first-order valence-electron chi connectivity index (χ1n) is 2.79. The molecule has 0 aliphatic heterocycles. The Balaban J connectivity index is 2.91. The van der Waals surface area contributed by atoms with Crippen LogP contribution in [0.25, 0.3) is 11.2 Å². The molecule has 0 atom stereocenters. The van der Waals surface area contributed by atoms with Crippen molar-refractivity contribution in [3.63, 3.8) is 0 Å². The second-order valence-corrected chi connectivity index (χ2v) is 2.58. The molecule has 0 unspecified atom stereocenters. The molecule has 0 fully saturated rings. The van der Waals surface area contributed by atoms with Crippen LogP contribution in [0.3, 0.4) is 0 Å². The Bertz CT molecular complexity index is 396. The van der Waals surface area contributed by atoms with Crippen LogP contribution in [-0.4, -0.2) is 19.9 Å². The number of rotatable bonds is 0. The maximum atomic E-state index is 5.70. The van der Waals surface area contributed by atoms with E-state index in [9.17, 15) is 0 Å². The molecule has 0 aliphatic carbocycles. The van der Waals surface area contributed by atoms with Crippen LogP contribution in [0.15, 0.2) is 6.33 Å². The van der Waals surface area contributed by atoms with Crippen LogP contribution in [0.1, 0.15) is 0 Å². The fourth-order valence-corrected chi connectivity index (χ4v) is 1.20. The van der Waals surface area contributed by atoms with E-state index in [4.69, 9.17) is 23.2 Å². The summed E-state index contributed by atoms with van der Waals surface area (Å²) in [5, 5.41) is 0.395. The molecule has 2 aromatic rings. The van der Waals surface area contributed by atoms with Gasteiger partial charge in [0.2, 0.25) is 5.28 Å². The van der Waals surface area contributed by atoms with Crippen molar-refractivity contribution in [1.29, 1.82) is 0 Å². The number of hydrogen-bond donors (Lipinski definition) is 1. The third-order valence-corrected chi connectivity index (χ3v) is 1.66. The van der Waals surface area contributed by atoms with Gasteiger partial charge in [0.1, 0.15) is 5.52 Å². The van der Waals surface area contributed by atoms with Crippen molar-refractivity contribution in [2.24, 2.45) is 0 Å². The van der Waals surface area contributed by atoms with Gasteiger partial charge in [-0.05, 0) is 11.6 Å². The van der Waals surface area contributed by atoms with Crippen molar-refractivity contribution in [2.45, 2.75) is 0 Å². The second-order valence-electron chi connectivity index (χ2n) is 1.88. The lowest BCUT2D eigenvalue weighted by Crippen LogP contribution is -1.84. The van der Waals surface area contributed by atoms with Gasteiger partial charge >= 0.3 is 0 Å². The number of H-pyrrole nitrogens is 1. The van der Waals surface area contributed by atoms with E-state index >= 15 is 0 Å². The highest BCUT2D eigenvalue weighted by Crippen LogP contribution is 2.17. The summed E-state index contributed by atoms with van der Waals surface area (Å²) in [5.41, 5.74) is 1.09. The molecule has 0 spiro atoms. The molecule has 0 amide bonds. The van der Waals surface area contributed by atoms with Crippen LogP contribution < -0.4 is 0 Å². The lowest BCUT2D eigenvalue weighted by molar-refractivity contribution is 1.20. The summed E-state index contributed by atoms with van der Waals surface area (Å²) in [6.45, 7) is 0. The highest BCUT2D eigenvalue weighted by molar-refractivity contribution is 6.35. The molecule has 0 saturated carbocycles. The van der Waals surface area contributed by atoms with Crippen LogP contribution in [0, 0.1) is 0 Å². The summed E-state index contributed by atoms with van der Waals surface area (Å²) in [6, 6.07) is 0. The molecule has 0 bridgehead atoms. The van der Waals surface area contributed by atoms with Gasteiger partial charge in [-0.1, -0.05) is 11.6 Å². The minimum absolute atomic E-state index is 0.106. The zero-order valence-corrected chi connectivity index (χ0v) is 6.69. The fraction of sp³-hybridized carbons (Fsp3) is 0. The number of imidazole rings is 1. The summed E-state index contributed by atoms with van der Waals surface area (Å²) < 4.78 is 0. The molecular weight excluding hydrogens is 189 g/mol. The first-order chi connectivity index (χ1) is 5.27. The molecule has 56 valence electrons. The molecule has 11 heavy (non-hydrogen) atoms. The normalized spacial score (nSPS) is 10.7. The Morgan fingerprint density at radius 1 is 1.27 bits per heavy atom. The van der Waals surface area contributed by atoms with E-state index in [0.29, 0.717) is 11.2 Å². The summed E-state index contributed by atoms with van der Waals surface area (Å²) in [4.78, 5) is 14.2. The number of aromatic nitrogens is 4. The van der Waals surface area contributed by atoms with E-state index in [1.165, 1.54) is 6.33 Å². The van der Waals surface area contributed by atoms with Crippen LogP contribution >= 0.6 is 23.2 Å². The van der Waals surface area contributed by atoms with E-state index in [1.807, 2.05) is 0 Å². The first-order valence-corrected chi connectivity index (χ1v) is 3.55. The summed E-state index contributed by atoms with van der Waals surface area (Å²) in [5.74, 6) is 0. The van der Waals surface area contributed by atoms with Gasteiger partial charge in [-0.2, -0.15) is 4.98 Å². The van der Waals surface area contributed by atoms with E-state index in [0.717, 1.165) is 0 Å². The highest BCUT2D eigenvalue weighted by Gasteiger charge is 2.04. The van der Waals surface area contributed by atoms with Crippen LogP contribution in [0.2, 0.25) is 10.4 Å².